The number of nitrogens with one attached hydrogen (secondary N) is 1. The highest BCUT2D eigenvalue weighted by molar-refractivity contribution is 6.00. The second kappa shape index (κ2) is 8.80. The molecular weight excluding hydrogens is 332 g/mol. The monoisotopic (exact) mass is 354 g/mol. The predicted molar refractivity (Wildman–Crippen MR) is 98.1 cm³/mol. The van der Waals surface area contributed by atoms with Crippen LogP contribution in [0, 0.1) is 0 Å². The average Bonchev–Trinajstić information content (AvgIpc) is 2.67. The molecule has 26 heavy (non-hydrogen) atoms. The number of aliphatic carboxylic acids is 1. The van der Waals surface area contributed by atoms with Crippen LogP contribution in [0.4, 0.5) is 0 Å². The molecule has 2 aromatic carbocycles. The molecule has 0 bridgehead atoms. The lowest BCUT2D eigenvalue weighted by Crippen LogP contribution is -2.42. The van der Waals surface area contributed by atoms with Gasteiger partial charge in [0.1, 0.15) is 6.04 Å². The summed E-state index contributed by atoms with van der Waals surface area (Å²) in [6.45, 7) is 2.41. The van der Waals surface area contributed by atoms with Gasteiger partial charge in [0.2, 0.25) is 0 Å². The molecule has 136 valence electrons. The van der Waals surface area contributed by atoms with Gasteiger partial charge in [-0.05, 0) is 30.7 Å². The number of rotatable bonds is 7. The lowest BCUT2D eigenvalue weighted by molar-refractivity contribution is -0.139. The van der Waals surface area contributed by atoms with E-state index in [0.717, 1.165) is 5.56 Å². The van der Waals surface area contributed by atoms with Crippen molar-refractivity contribution in [2.24, 2.45) is 0 Å². The van der Waals surface area contributed by atoms with E-state index in [4.69, 9.17) is 0 Å². The van der Waals surface area contributed by atoms with Crippen molar-refractivity contribution in [1.29, 1.82) is 0 Å². The summed E-state index contributed by atoms with van der Waals surface area (Å²) in [6.07, 6.45) is 0.180. The Morgan fingerprint density at radius 1 is 1.04 bits per heavy atom. The minimum atomic E-state index is -1.11. The molecule has 6 nitrogen and oxygen atoms in total. The fourth-order valence-corrected chi connectivity index (χ4v) is 2.45. The van der Waals surface area contributed by atoms with Gasteiger partial charge in [-0.15, -0.1) is 0 Å². The number of hydrogen-bond donors (Lipinski definition) is 2. The smallest absolute Gasteiger partial charge is 0.326 e. The summed E-state index contributed by atoms with van der Waals surface area (Å²) >= 11 is 0. The number of hydrogen-bond acceptors (Lipinski definition) is 3. The first kappa shape index (κ1) is 19.2. The summed E-state index contributed by atoms with van der Waals surface area (Å²) in [6, 6.07) is 14.3. The zero-order chi connectivity index (χ0) is 19.1. The van der Waals surface area contributed by atoms with Crippen LogP contribution in [0.2, 0.25) is 0 Å². The molecule has 0 unspecified atom stereocenters. The Morgan fingerprint density at radius 2 is 1.69 bits per heavy atom. The van der Waals surface area contributed by atoms with Gasteiger partial charge < -0.3 is 15.3 Å². The first-order valence-corrected chi connectivity index (χ1v) is 8.35. The van der Waals surface area contributed by atoms with Gasteiger partial charge in [-0.2, -0.15) is 0 Å². The van der Waals surface area contributed by atoms with Crippen LogP contribution in [-0.4, -0.2) is 47.4 Å². The average molecular weight is 354 g/mol. The van der Waals surface area contributed by atoms with E-state index in [-0.39, 0.29) is 17.9 Å². The molecule has 6 heteroatoms. The third-order valence-electron chi connectivity index (χ3n) is 4.08. The van der Waals surface area contributed by atoms with Crippen molar-refractivity contribution in [3.63, 3.8) is 0 Å². The molecule has 0 aliphatic rings. The topological polar surface area (TPSA) is 86.7 Å². The Balaban J connectivity index is 2.14. The van der Waals surface area contributed by atoms with Crippen LogP contribution in [0.15, 0.2) is 54.6 Å². The lowest BCUT2D eigenvalue weighted by atomic mass is 10.0. The zero-order valence-corrected chi connectivity index (χ0v) is 14.8. The van der Waals surface area contributed by atoms with E-state index in [9.17, 15) is 19.5 Å². The highest BCUT2D eigenvalue weighted by atomic mass is 16.4. The summed E-state index contributed by atoms with van der Waals surface area (Å²) in [5.74, 6) is -1.83. The molecule has 0 aromatic heterocycles. The molecular formula is C20H22N2O4. The Kier molecular flexibility index (Phi) is 6.49. The number of amides is 2. The predicted octanol–water partition coefficient (Wildman–Crippen LogP) is 2.20. The number of benzene rings is 2. The molecule has 0 saturated carbocycles. The molecule has 2 rings (SSSR count). The summed E-state index contributed by atoms with van der Waals surface area (Å²) in [5, 5.41) is 11.9. The molecule has 0 spiro atoms. The van der Waals surface area contributed by atoms with Gasteiger partial charge in [-0.25, -0.2) is 4.79 Å². The minimum Gasteiger partial charge on any atom is -0.480 e. The SMILES string of the molecule is CCN(C)C(=O)c1cccc(C(=O)N[C@@H](Cc2ccccc2)C(=O)O)c1. The Bertz CT molecular complexity index is 789. The number of carbonyl (C=O) groups is 3. The molecule has 0 aliphatic carbocycles. The molecule has 0 saturated heterocycles. The molecule has 2 N–H and O–H groups in total. The van der Waals surface area contributed by atoms with Crippen molar-refractivity contribution in [3.8, 4) is 0 Å². The summed E-state index contributed by atoms with van der Waals surface area (Å²) in [7, 11) is 1.68. The fraction of sp³-hybridized carbons (Fsp3) is 0.250. The van der Waals surface area contributed by atoms with Gasteiger partial charge in [0.25, 0.3) is 11.8 Å². The van der Waals surface area contributed by atoms with Gasteiger partial charge in [-0.1, -0.05) is 36.4 Å². The number of nitrogens with zero attached hydrogens (tertiary/aromatic N) is 1. The van der Waals surface area contributed by atoms with E-state index in [2.05, 4.69) is 5.32 Å². The quantitative estimate of drug-likeness (QED) is 0.798. The number of carbonyl (C=O) groups excluding carboxylic acids is 2. The largest absolute Gasteiger partial charge is 0.480 e. The Labute approximate surface area is 152 Å². The number of carboxylic acid groups (broad SMARTS) is 1. The summed E-state index contributed by atoms with van der Waals surface area (Å²) in [5.41, 5.74) is 1.45. The molecule has 0 aliphatic heterocycles. The molecule has 1 atom stereocenters. The van der Waals surface area contributed by atoms with Gasteiger partial charge in [0.05, 0.1) is 0 Å². The Hall–Kier alpha value is -3.15. The fourth-order valence-electron chi connectivity index (χ4n) is 2.45. The lowest BCUT2D eigenvalue weighted by Gasteiger charge is -2.16. The third-order valence-corrected chi connectivity index (χ3v) is 4.08. The van der Waals surface area contributed by atoms with Crippen LogP contribution in [0.5, 0.6) is 0 Å². The van der Waals surface area contributed by atoms with Crippen molar-refractivity contribution < 1.29 is 19.5 Å². The van der Waals surface area contributed by atoms with Crippen LogP contribution in [-0.2, 0) is 11.2 Å². The van der Waals surface area contributed by atoms with Gasteiger partial charge >= 0.3 is 5.97 Å². The van der Waals surface area contributed by atoms with Gasteiger partial charge in [0, 0.05) is 31.1 Å². The van der Waals surface area contributed by atoms with Crippen LogP contribution < -0.4 is 5.32 Å². The van der Waals surface area contributed by atoms with Crippen LogP contribution >= 0.6 is 0 Å². The molecule has 0 radical (unpaired) electrons. The van der Waals surface area contributed by atoms with Crippen molar-refractivity contribution in [1.82, 2.24) is 10.2 Å². The van der Waals surface area contributed by atoms with Crippen LogP contribution in [0.25, 0.3) is 0 Å². The second-order valence-electron chi connectivity index (χ2n) is 5.95. The summed E-state index contributed by atoms with van der Waals surface area (Å²) in [4.78, 5) is 37.7. The van der Waals surface area contributed by atoms with E-state index >= 15 is 0 Å². The molecule has 2 amide bonds. The van der Waals surface area contributed by atoms with E-state index in [1.807, 2.05) is 37.3 Å². The first-order chi connectivity index (χ1) is 12.4. The maximum Gasteiger partial charge on any atom is 0.326 e. The van der Waals surface area contributed by atoms with Crippen LogP contribution in [0.3, 0.4) is 0 Å². The first-order valence-electron chi connectivity index (χ1n) is 8.35. The molecule has 0 fully saturated rings. The minimum absolute atomic E-state index is 0.180. The van der Waals surface area contributed by atoms with Crippen molar-refractivity contribution in [2.45, 2.75) is 19.4 Å². The Morgan fingerprint density at radius 3 is 2.31 bits per heavy atom. The second-order valence-corrected chi connectivity index (χ2v) is 5.95. The molecule has 2 aromatic rings. The third kappa shape index (κ3) is 4.92. The van der Waals surface area contributed by atoms with E-state index in [1.54, 1.807) is 25.2 Å². The van der Waals surface area contributed by atoms with Crippen molar-refractivity contribution in [2.75, 3.05) is 13.6 Å². The van der Waals surface area contributed by atoms with Crippen LogP contribution in [0.1, 0.15) is 33.2 Å². The zero-order valence-electron chi connectivity index (χ0n) is 14.8. The summed E-state index contributed by atoms with van der Waals surface area (Å²) < 4.78 is 0. The highest BCUT2D eigenvalue weighted by Gasteiger charge is 2.22. The van der Waals surface area contributed by atoms with Gasteiger partial charge in [-0.3, -0.25) is 9.59 Å². The maximum absolute atomic E-state index is 12.5. The van der Waals surface area contributed by atoms with E-state index in [0.29, 0.717) is 12.1 Å². The molecule has 0 heterocycles. The standard InChI is InChI=1S/C20H22N2O4/c1-3-22(2)19(24)16-11-7-10-15(13-16)18(23)21-17(20(25)26)12-14-8-5-4-6-9-14/h4-11,13,17H,3,12H2,1-2H3,(H,21,23)(H,25,26)/t17-/m0/s1. The van der Waals surface area contributed by atoms with E-state index < -0.39 is 17.9 Å². The highest BCUT2D eigenvalue weighted by Crippen LogP contribution is 2.10. The van der Waals surface area contributed by atoms with Crippen molar-refractivity contribution >= 4 is 17.8 Å². The van der Waals surface area contributed by atoms with E-state index in [1.165, 1.54) is 11.0 Å². The van der Waals surface area contributed by atoms with Crippen molar-refractivity contribution in [3.05, 3.63) is 71.3 Å². The number of carboxylic acids is 1. The van der Waals surface area contributed by atoms with Gasteiger partial charge in [0.15, 0.2) is 0 Å². The normalized spacial score (nSPS) is 11.5. The maximum atomic E-state index is 12.5.